The quantitative estimate of drug-likeness (QED) is 0.874. The minimum atomic E-state index is 0.538. The van der Waals surface area contributed by atoms with E-state index in [4.69, 9.17) is 9.73 Å². The molecule has 2 aliphatic heterocycles. The molecule has 0 radical (unpaired) electrons. The number of aromatic nitrogens is 2. The van der Waals surface area contributed by atoms with Gasteiger partial charge in [0.2, 0.25) is 0 Å². The second kappa shape index (κ2) is 6.52. The van der Waals surface area contributed by atoms with Crippen molar-refractivity contribution in [3.8, 4) is 0 Å². The van der Waals surface area contributed by atoms with Crippen LogP contribution >= 0.6 is 23.5 Å². The summed E-state index contributed by atoms with van der Waals surface area (Å²) >= 11 is 3.69. The van der Waals surface area contributed by atoms with E-state index in [1.165, 1.54) is 5.17 Å². The number of nitrogens with one attached hydrogen (secondary N) is 1. The van der Waals surface area contributed by atoms with Crippen LogP contribution in [0.15, 0.2) is 34.4 Å². The average Bonchev–Trinajstić information content (AvgIpc) is 3.20. The van der Waals surface area contributed by atoms with Crippen molar-refractivity contribution in [3.05, 3.63) is 24.3 Å². The van der Waals surface area contributed by atoms with Crippen LogP contribution in [0.5, 0.6) is 0 Å². The first-order valence-corrected chi connectivity index (χ1v) is 9.36. The standard InChI is InChI=1S/C15H18N4OS2/c1-2-4-13-12(3-1)17-14(18-13)21-10-11-9-16-15(22-11)19-5-7-20-8-6-19/h1-4,11H,5-10H2,(H,17,18). The van der Waals surface area contributed by atoms with Crippen molar-refractivity contribution in [2.45, 2.75) is 10.4 Å². The Morgan fingerprint density at radius 3 is 3.05 bits per heavy atom. The van der Waals surface area contributed by atoms with Crippen LogP contribution in [0.25, 0.3) is 11.0 Å². The van der Waals surface area contributed by atoms with Gasteiger partial charge in [-0.05, 0) is 12.1 Å². The van der Waals surface area contributed by atoms with Gasteiger partial charge in [0.05, 0.1) is 30.8 Å². The van der Waals surface area contributed by atoms with E-state index >= 15 is 0 Å². The van der Waals surface area contributed by atoms with Gasteiger partial charge in [-0.25, -0.2) is 4.98 Å². The van der Waals surface area contributed by atoms with E-state index in [-0.39, 0.29) is 0 Å². The molecule has 4 rings (SSSR count). The normalized spacial score (nSPS) is 22.3. The molecule has 0 spiro atoms. The second-order valence-electron chi connectivity index (χ2n) is 5.33. The summed E-state index contributed by atoms with van der Waals surface area (Å²) in [6.45, 7) is 4.48. The summed E-state index contributed by atoms with van der Waals surface area (Å²) in [7, 11) is 0. The van der Waals surface area contributed by atoms with Gasteiger partial charge in [0.15, 0.2) is 10.3 Å². The highest BCUT2D eigenvalue weighted by atomic mass is 32.2. The molecule has 3 heterocycles. The van der Waals surface area contributed by atoms with Crippen molar-refractivity contribution < 1.29 is 4.74 Å². The molecule has 1 aromatic heterocycles. The van der Waals surface area contributed by atoms with Gasteiger partial charge in [-0.2, -0.15) is 0 Å². The third-order valence-electron chi connectivity index (χ3n) is 3.76. The van der Waals surface area contributed by atoms with Gasteiger partial charge < -0.3 is 14.6 Å². The Morgan fingerprint density at radius 1 is 1.32 bits per heavy atom. The molecule has 1 aromatic carbocycles. The number of aromatic amines is 1. The van der Waals surface area contributed by atoms with E-state index in [0.717, 1.165) is 54.8 Å². The first-order valence-electron chi connectivity index (χ1n) is 7.50. The molecule has 1 unspecified atom stereocenters. The molecular formula is C15H18N4OS2. The average molecular weight is 334 g/mol. The Kier molecular flexibility index (Phi) is 4.27. The van der Waals surface area contributed by atoms with Crippen LogP contribution in [0.4, 0.5) is 0 Å². The number of benzene rings is 1. The molecule has 0 amide bonds. The predicted molar refractivity (Wildman–Crippen MR) is 92.9 cm³/mol. The van der Waals surface area contributed by atoms with E-state index in [1.54, 1.807) is 11.8 Å². The van der Waals surface area contributed by atoms with Crippen LogP contribution in [0.2, 0.25) is 0 Å². The molecule has 0 aliphatic carbocycles. The van der Waals surface area contributed by atoms with Gasteiger partial charge in [0.1, 0.15) is 0 Å². The number of para-hydroxylation sites is 2. The van der Waals surface area contributed by atoms with E-state index in [2.05, 4.69) is 20.9 Å². The Balaban J connectivity index is 1.31. The van der Waals surface area contributed by atoms with Gasteiger partial charge in [0, 0.05) is 24.1 Å². The maximum absolute atomic E-state index is 5.40. The Bertz CT molecular complexity index is 648. The molecule has 1 N–H and O–H groups in total. The van der Waals surface area contributed by atoms with Crippen LogP contribution in [0.3, 0.4) is 0 Å². The summed E-state index contributed by atoms with van der Waals surface area (Å²) in [5.74, 6) is 1.03. The van der Waals surface area contributed by atoms with Crippen LogP contribution in [-0.4, -0.2) is 63.9 Å². The van der Waals surface area contributed by atoms with Gasteiger partial charge in [-0.1, -0.05) is 35.7 Å². The SMILES string of the molecule is c1ccc2[nH]c(SCC3CN=C(N4CCOCC4)S3)nc2c1. The molecule has 22 heavy (non-hydrogen) atoms. The summed E-state index contributed by atoms with van der Waals surface area (Å²) < 4.78 is 5.40. The zero-order valence-corrected chi connectivity index (χ0v) is 13.8. The molecule has 2 aromatic rings. The van der Waals surface area contributed by atoms with Crippen molar-refractivity contribution in [2.75, 3.05) is 38.6 Å². The lowest BCUT2D eigenvalue weighted by Gasteiger charge is -2.28. The van der Waals surface area contributed by atoms with Crippen molar-refractivity contribution in [3.63, 3.8) is 0 Å². The van der Waals surface area contributed by atoms with Gasteiger partial charge in [-0.3, -0.25) is 4.99 Å². The lowest BCUT2D eigenvalue weighted by molar-refractivity contribution is 0.0693. The van der Waals surface area contributed by atoms with Crippen molar-refractivity contribution in [1.82, 2.24) is 14.9 Å². The monoisotopic (exact) mass is 334 g/mol. The number of thioether (sulfide) groups is 2. The summed E-state index contributed by atoms with van der Waals surface area (Å²) in [5, 5.41) is 2.73. The van der Waals surface area contributed by atoms with Crippen molar-refractivity contribution in [1.29, 1.82) is 0 Å². The van der Waals surface area contributed by atoms with Crippen LogP contribution in [0.1, 0.15) is 0 Å². The van der Waals surface area contributed by atoms with E-state index in [1.807, 2.05) is 30.0 Å². The molecule has 2 aliphatic rings. The molecule has 7 heteroatoms. The van der Waals surface area contributed by atoms with Gasteiger partial charge in [-0.15, -0.1) is 0 Å². The highest BCUT2D eigenvalue weighted by molar-refractivity contribution is 8.15. The Hall–Kier alpha value is -1.18. The fourth-order valence-electron chi connectivity index (χ4n) is 2.59. The predicted octanol–water partition coefficient (Wildman–Crippen LogP) is 2.46. The minimum absolute atomic E-state index is 0.538. The van der Waals surface area contributed by atoms with E-state index < -0.39 is 0 Å². The fraction of sp³-hybridized carbons (Fsp3) is 0.467. The lowest BCUT2D eigenvalue weighted by Crippen LogP contribution is -2.39. The van der Waals surface area contributed by atoms with Gasteiger partial charge in [0.25, 0.3) is 0 Å². The zero-order valence-electron chi connectivity index (χ0n) is 12.2. The molecule has 1 atom stereocenters. The number of imidazole rings is 1. The zero-order chi connectivity index (χ0) is 14.8. The fourth-order valence-corrected chi connectivity index (χ4v) is 4.79. The maximum Gasteiger partial charge on any atom is 0.166 e. The van der Waals surface area contributed by atoms with Crippen molar-refractivity contribution in [2.24, 2.45) is 4.99 Å². The summed E-state index contributed by atoms with van der Waals surface area (Å²) in [4.78, 5) is 15.0. The molecule has 5 nitrogen and oxygen atoms in total. The Morgan fingerprint density at radius 2 is 2.18 bits per heavy atom. The summed E-state index contributed by atoms with van der Waals surface area (Å²) in [6, 6.07) is 8.16. The highest BCUT2D eigenvalue weighted by Gasteiger charge is 2.25. The smallest absolute Gasteiger partial charge is 0.166 e. The number of H-pyrrole nitrogens is 1. The van der Waals surface area contributed by atoms with Crippen LogP contribution in [-0.2, 0) is 4.74 Å². The number of fused-ring (bicyclic) bond motifs is 1. The number of hydrogen-bond acceptors (Lipinski definition) is 6. The third-order valence-corrected chi connectivity index (χ3v) is 6.25. The molecular weight excluding hydrogens is 316 g/mol. The molecule has 116 valence electrons. The molecule has 0 saturated carbocycles. The second-order valence-corrected chi connectivity index (χ2v) is 7.61. The number of morpholine rings is 1. The summed E-state index contributed by atoms with van der Waals surface area (Å²) in [6.07, 6.45) is 0. The number of aliphatic imine (C=N–C) groups is 1. The minimum Gasteiger partial charge on any atom is -0.378 e. The number of amidine groups is 1. The topological polar surface area (TPSA) is 53.5 Å². The lowest BCUT2D eigenvalue weighted by atomic mass is 10.3. The van der Waals surface area contributed by atoms with E-state index in [9.17, 15) is 0 Å². The maximum atomic E-state index is 5.40. The molecule has 1 saturated heterocycles. The first-order chi connectivity index (χ1) is 10.9. The van der Waals surface area contributed by atoms with Crippen LogP contribution < -0.4 is 0 Å². The van der Waals surface area contributed by atoms with Gasteiger partial charge >= 0.3 is 0 Å². The highest BCUT2D eigenvalue weighted by Crippen LogP contribution is 2.29. The number of hydrogen-bond donors (Lipinski definition) is 1. The number of rotatable bonds is 3. The first kappa shape index (κ1) is 14.4. The number of ether oxygens (including phenoxy) is 1. The molecule has 1 fully saturated rings. The summed E-state index contributed by atoms with van der Waals surface area (Å²) in [5.41, 5.74) is 2.14. The Labute approximate surface area is 137 Å². The van der Waals surface area contributed by atoms with Crippen molar-refractivity contribution >= 4 is 39.7 Å². The number of nitrogens with zero attached hydrogens (tertiary/aromatic N) is 3. The van der Waals surface area contributed by atoms with Crippen LogP contribution in [0, 0.1) is 0 Å². The molecule has 0 bridgehead atoms. The third kappa shape index (κ3) is 3.11. The largest absolute Gasteiger partial charge is 0.378 e. The van der Waals surface area contributed by atoms with E-state index in [0.29, 0.717) is 5.25 Å².